The second-order valence-corrected chi connectivity index (χ2v) is 6.67. The molecule has 0 bridgehead atoms. The quantitative estimate of drug-likeness (QED) is 0.604. The summed E-state index contributed by atoms with van der Waals surface area (Å²) in [6.45, 7) is 6.40. The number of nitrogens with zero attached hydrogens (tertiary/aromatic N) is 3. The van der Waals surface area contributed by atoms with Gasteiger partial charge in [0.05, 0.1) is 10.9 Å². The molecule has 5 heteroatoms. The fourth-order valence-corrected chi connectivity index (χ4v) is 2.47. The molecule has 0 atom stereocenters. The van der Waals surface area contributed by atoms with E-state index in [-0.39, 0.29) is 5.54 Å². The topological polar surface area (TPSA) is 30.7 Å². The monoisotopic (exact) mass is 427 g/mol. The van der Waals surface area contributed by atoms with Crippen molar-refractivity contribution in [3.63, 3.8) is 0 Å². The Kier molecular flexibility index (Phi) is 2.95. The van der Waals surface area contributed by atoms with Gasteiger partial charge in [-0.25, -0.2) is 9.67 Å². The van der Waals surface area contributed by atoms with Crippen LogP contribution in [0.15, 0.2) is 12.3 Å². The second-order valence-electron chi connectivity index (χ2n) is 4.40. The van der Waals surface area contributed by atoms with Gasteiger partial charge < -0.3 is 0 Å². The van der Waals surface area contributed by atoms with Crippen LogP contribution in [0.1, 0.15) is 20.8 Å². The first kappa shape index (κ1) is 11.6. The average Bonchev–Trinajstić information content (AvgIpc) is 2.43. The van der Waals surface area contributed by atoms with Gasteiger partial charge in [-0.1, -0.05) is 0 Å². The summed E-state index contributed by atoms with van der Waals surface area (Å²) in [5.74, 6) is 0. The van der Waals surface area contributed by atoms with Gasteiger partial charge in [-0.05, 0) is 72.0 Å². The lowest BCUT2D eigenvalue weighted by Crippen LogP contribution is -2.23. The first-order valence-electron chi connectivity index (χ1n) is 4.60. The van der Waals surface area contributed by atoms with E-state index in [4.69, 9.17) is 0 Å². The van der Waals surface area contributed by atoms with Crippen LogP contribution in [0.25, 0.3) is 11.0 Å². The molecule has 0 aromatic carbocycles. The van der Waals surface area contributed by atoms with E-state index in [2.05, 4.69) is 82.1 Å². The van der Waals surface area contributed by atoms with Crippen LogP contribution in [0.4, 0.5) is 0 Å². The number of fused-ring (bicyclic) bond motifs is 1. The average molecular weight is 427 g/mol. The van der Waals surface area contributed by atoms with Crippen molar-refractivity contribution in [2.75, 3.05) is 0 Å². The molecule has 2 aromatic heterocycles. The Bertz CT molecular complexity index is 511. The molecule has 0 saturated heterocycles. The van der Waals surface area contributed by atoms with E-state index in [0.29, 0.717) is 0 Å². The highest BCUT2D eigenvalue weighted by Gasteiger charge is 2.20. The van der Waals surface area contributed by atoms with Crippen molar-refractivity contribution in [2.45, 2.75) is 26.3 Å². The first-order chi connectivity index (χ1) is 6.89. The highest BCUT2D eigenvalue weighted by molar-refractivity contribution is 14.1. The Morgan fingerprint density at radius 3 is 2.53 bits per heavy atom. The molecule has 0 saturated carbocycles. The number of hydrogen-bond acceptors (Lipinski definition) is 2. The fraction of sp³-hybridized carbons (Fsp3) is 0.400. The summed E-state index contributed by atoms with van der Waals surface area (Å²) in [5, 5.41) is 5.68. The third-order valence-corrected chi connectivity index (χ3v) is 3.47. The Morgan fingerprint density at radius 2 is 1.93 bits per heavy atom. The molecule has 0 spiro atoms. The first-order valence-corrected chi connectivity index (χ1v) is 6.75. The van der Waals surface area contributed by atoms with E-state index in [1.54, 1.807) is 0 Å². The number of pyridine rings is 1. The predicted octanol–water partition coefficient (Wildman–Crippen LogP) is 3.40. The van der Waals surface area contributed by atoms with Crippen molar-refractivity contribution >= 4 is 56.2 Å². The lowest BCUT2D eigenvalue weighted by molar-refractivity contribution is 0.364. The molecular weight excluding hydrogens is 416 g/mol. The van der Waals surface area contributed by atoms with Crippen LogP contribution in [0.2, 0.25) is 0 Å². The zero-order valence-corrected chi connectivity index (χ0v) is 13.1. The van der Waals surface area contributed by atoms with Gasteiger partial charge in [0.1, 0.15) is 3.70 Å². The minimum absolute atomic E-state index is 0.0263. The van der Waals surface area contributed by atoms with Crippen molar-refractivity contribution < 1.29 is 0 Å². The lowest BCUT2D eigenvalue weighted by Gasteiger charge is -2.19. The highest BCUT2D eigenvalue weighted by Crippen LogP contribution is 2.25. The van der Waals surface area contributed by atoms with Crippen molar-refractivity contribution in [3.8, 4) is 0 Å². The van der Waals surface area contributed by atoms with Gasteiger partial charge in [0.15, 0.2) is 5.65 Å². The molecule has 0 aliphatic carbocycles. The van der Waals surface area contributed by atoms with Crippen molar-refractivity contribution in [2.24, 2.45) is 0 Å². The van der Waals surface area contributed by atoms with Crippen molar-refractivity contribution in [3.05, 3.63) is 19.5 Å². The van der Waals surface area contributed by atoms with Crippen molar-refractivity contribution in [1.29, 1.82) is 0 Å². The van der Waals surface area contributed by atoms with E-state index >= 15 is 0 Å². The van der Waals surface area contributed by atoms with E-state index in [9.17, 15) is 0 Å². The number of halogens is 2. The molecule has 0 fully saturated rings. The Labute approximate surface area is 116 Å². The minimum Gasteiger partial charge on any atom is -0.241 e. The van der Waals surface area contributed by atoms with Gasteiger partial charge in [0, 0.05) is 9.77 Å². The van der Waals surface area contributed by atoms with Gasteiger partial charge in [-0.3, -0.25) is 0 Å². The summed E-state index contributed by atoms with van der Waals surface area (Å²) in [7, 11) is 0. The van der Waals surface area contributed by atoms with Crippen LogP contribution in [0.5, 0.6) is 0 Å². The van der Waals surface area contributed by atoms with Crippen LogP contribution in [-0.2, 0) is 5.54 Å². The molecule has 3 nitrogen and oxygen atoms in total. The summed E-state index contributed by atoms with van der Waals surface area (Å²) in [5.41, 5.74) is 0.939. The van der Waals surface area contributed by atoms with Gasteiger partial charge in [-0.15, -0.1) is 0 Å². The fourth-order valence-electron chi connectivity index (χ4n) is 1.41. The molecule has 0 radical (unpaired) electrons. The molecule has 80 valence electrons. The summed E-state index contributed by atoms with van der Waals surface area (Å²) < 4.78 is 4.15. The van der Waals surface area contributed by atoms with Crippen LogP contribution in [-0.4, -0.2) is 14.8 Å². The van der Waals surface area contributed by atoms with Gasteiger partial charge in [0.25, 0.3) is 0 Å². The minimum atomic E-state index is -0.0263. The summed E-state index contributed by atoms with van der Waals surface area (Å²) in [4.78, 5) is 4.46. The molecule has 0 aliphatic heterocycles. The van der Waals surface area contributed by atoms with Gasteiger partial charge >= 0.3 is 0 Å². The Balaban J connectivity index is 2.79. The van der Waals surface area contributed by atoms with Crippen LogP contribution < -0.4 is 0 Å². The third kappa shape index (κ3) is 2.13. The molecule has 0 unspecified atom stereocenters. The predicted molar refractivity (Wildman–Crippen MR) is 78.0 cm³/mol. The molecular formula is C10H11I2N3. The van der Waals surface area contributed by atoms with Crippen LogP contribution in [0, 0.1) is 7.27 Å². The smallest absolute Gasteiger partial charge is 0.159 e. The van der Waals surface area contributed by atoms with E-state index < -0.39 is 0 Å². The molecule has 2 rings (SSSR count). The molecule has 0 aliphatic rings. The molecule has 2 aromatic rings. The van der Waals surface area contributed by atoms with E-state index in [0.717, 1.165) is 18.3 Å². The van der Waals surface area contributed by atoms with Gasteiger partial charge in [0.2, 0.25) is 0 Å². The molecule has 0 amide bonds. The maximum absolute atomic E-state index is 4.54. The van der Waals surface area contributed by atoms with Gasteiger partial charge in [-0.2, -0.15) is 5.10 Å². The summed E-state index contributed by atoms with van der Waals surface area (Å²) in [6, 6.07) is 2.12. The summed E-state index contributed by atoms with van der Waals surface area (Å²) in [6.07, 6.45) is 1.88. The zero-order chi connectivity index (χ0) is 11.2. The molecule has 15 heavy (non-hydrogen) atoms. The van der Waals surface area contributed by atoms with Crippen LogP contribution in [0.3, 0.4) is 0 Å². The highest BCUT2D eigenvalue weighted by atomic mass is 127. The standard InChI is InChI=1S/C10H11I2N3/c1-10(2,3)15-9-7(8(12)14-15)4-6(11)5-13-9/h4-5H,1-3H3. The third-order valence-electron chi connectivity index (χ3n) is 2.08. The number of hydrogen-bond donors (Lipinski definition) is 0. The number of rotatable bonds is 0. The van der Waals surface area contributed by atoms with E-state index in [1.165, 1.54) is 0 Å². The Hall–Kier alpha value is 0.0800. The zero-order valence-electron chi connectivity index (χ0n) is 8.75. The normalized spacial score (nSPS) is 12.3. The largest absolute Gasteiger partial charge is 0.241 e. The Morgan fingerprint density at radius 1 is 1.27 bits per heavy atom. The second kappa shape index (κ2) is 3.83. The lowest BCUT2D eigenvalue weighted by atomic mass is 10.1. The van der Waals surface area contributed by atoms with Crippen LogP contribution >= 0.6 is 45.2 Å². The number of aromatic nitrogens is 3. The maximum atomic E-state index is 4.54. The molecule has 2 heterocycles. The molecule has 0 N–H and O–H groups in total. The maximum Gasteiger partial charge on any atom is 0.159 e. The SMILES string of the molecule is CC(C)(C)n1nc(I)c2cc(I)cnc21. The van der Waals surface area contributed by atoms with Crippen molar-refractivity contribution in [1.82, 2.24) is 14.8 Å². The van der Waals surface area contributed by atoms with E-state index in [1.807, 2.05) is 10.9 Å². The summed E-state index contributed by atoms with van der Waals surface area (Å²) >= 11 is 4.53.